The molecule has 0 bridgehead atoms. The molecule has 1 unspecified atom stereocenters. The van der Waals surface area contributed by atoms with Crippen LogP contribution in [0.2, 0.25) is 0 Å². The molecule has 0 radical (unpaired) electrons. The first kappa shape index (κ1) is 22.5. The Balaban J connectivity index is 1.99. The summed E-state index contributed by atoms with van der Waals surface area (Å²) >= 11 is 0. The van der Waals surface area contributed by atoms with Gasteiger partial charge in [-0.25, -0.2) is 13.4 Å². The maximum atomic E-state index is 11.6. The van der Waals surface area contributed by atoms with Crippen LogP contribution in [0, 0.1) is 12.8 Å². The first-order valence-corrected chi connectivity index (χ1v) is 11.8. The molecule has 1 fully saturated rings. The average Bonchev–Trinajstić information content (AvgIpc) is 3.19. The second-order valence-electron chi connectivity index (χ2n) is 7.01. The van der Waals surface area contributed by atoms with Crippen molar-refractivity contribution in [1.82, 2.24) is 10.6 Å². The van der Waals surface area contributed by atoms with Crippen molar-refractivity contribution in [2.45, 2.75) is 33.7 Å². The summed E-state index contributed by atoms with van der Waals surface area (Å²) in [6.07, 6.45) is 1.04. The van der Waals surface area contributed by atoms with Gasteiger partial charge >= 0.3 is 0 Å². The van der Waals surface area contributed by atoms with E-state index in [0.717, 1.165) is 36.5 Å². The van der Waals surface area contributed by atoms with Crippen molar-refractivity contribution in [3.63, 3.8) is 0 Å². The van der Waals surface area contributed by atoms with Gasteiger partial charge in [0.25, 0.3) is 0 Å². The molecule has 1 atom stereocenters. The Morgan fingerprint density at radius 3 is 2.82 bits per heavy atom. The molecule has 0 spiro atoms. The number of sulfone groups is 1. The molecule has 0 aromatic heterocycles. The molecule has 8 heteroatoms. The number of ether oxygens (including phenoxy) is 2. The van der Waals surface area contributed by atoms with Crippen LogP contribution in [-0.4, -0.2) is 58.8 Å². The van der Waals surface area contributed by atoms with E-state index in [2.05, 4.69) is 15.6 Å². The van der Waals surface area contributed by atoms with Crippen LogP contribution in [0.3, 0.4) is 0 Å². The monoisotopic (exact) mass is 411 g/mol. The molecule has 158 valence electrons. The highest BCUT2D eigenvalue weighted by atomic mass is 32.2. The molecule has 2 N–H and O–H groups in total. The zero-order chi connectivity index (χ0) is 20.4. The SMILES string of the molecule is CCNC(=NCc1ccc(C)cc1OCC1CCOC1)NCCS(=O)(=O)CC. The summed E-state index contributed by atoms with van der Waals surface area (Å²) in [5, 5.41) is 6.24. The molecule has 2 rings (SSSR count). The van der Waals surface area contributed by atoms with Crippen LogP contribution in [0.5, 0.6) is 5.75 Å². The highest BCUT2D eigenvalue weighted by molar-refractivity contribution is 7.91. The van der Waals surface area contributed by atoms with Crippen LogP contribution in [-0.2, 0) is 21.1 Å². The highest BCUT2D eigenvalue weighted by Gasteiger charge is 2.17. The maximum Gasteiger partial charge on any atom is 0.191 e. The van der Waals surface area contributed by atoms with Crippen molar-refractivity contribution < 1.29 is 17.9 Å². The lowest BCUT2D eigenvalue weighted by Crippen LogP contribution is -2.39. The van der Waals surface area contributed by atoms with Gasteiger partial charge in [0.1, 0.15) is 5.75 Å². The molecular weight excluding hydrogens is 378 g/mol. The zero-order valence-corrected chi connectivity index (χ0v) is 18.0. The van der Waals surface area contributed by atoms with Crippen molar-refractivity contribution in [3.8, 4) is 5.75 Å². The normalized spacial score (nSPS) is 17.5. The summed E-state index contributed by atoms with van der Waals surface area (Å²) < 4.78 is 34.8. The van der Waals surface area contributed by atoms with Gasteiger partial charge in [-0.05, 0) is 31.9 Å². The van der Waals surface area contributed by atoms with Gasteiger partial charge in [0.15, 0.2) is 15.8 Å². The predicted molar refractivity (Wildman–Crippen MR) is 113 cm³/mol. The number of hydrogen-bond acceptors (Lipinski definition) is 5. The first-order valence-electron chi connectivity index (χ1n) is 9.96. The summed E-state index contributed by atoms with van der Waals surface area (Å²) in [7, 11) is -3.00. The first-order chi connectivity index (χ1) is 13.4. The maximum absolute atomic E-state index is 11.6. The molecule has 0 aliphatic carbocycles. The lowest BCUT2D eigenvalue weighted by molar-refractivity contribution is 0.166. The Hall–Kier alpha value is -1.80. The van der Waals surface area contributed by atoms with Crippen LogP contribution >= 0.6 is 0 Å². The molecule has 7 nitrogen and oxygen atoms in total. The minimum Gasteiger partial charge on any atom is -0.493 e. The van der Waals surface area contributed by atoms with Gasteiger partial charge in [-0.2, -0.15) is 0 Å². The van der Waals surface area contributed by atoms with Gasteiger partial charge in [0, 0.05) is 36.9 Å². The van der Waals surface area contributed by atoms with Crippen molar-refractivity contribution in [1.29, 1.82) is 0 Å². The number of nitrogens with one attached hydrogen (secondary N) is 2. The number of aliphatic imine (C=N–C) groups is 1. The smallest absolute Gasteiger partial charge is 0.191 e. The summed E-state index contributed by atoms with van der Waals surface area (Å²) in [6, 6.07) is 6.11. The topological polar surface area (TPSA) is 89.0 Å². The van der Waals surface area contributed by atoms with Crippen LogP contribution in [0.25, 0.3) is 0 Å². The van der Waals surface area contributed by atoms with E-state index in [4.69, 9.17) is 9.47 Å². The molecule has 1 aromatic rings. The van der Waals surface area contributed by atoms with Crippen LogP contribution < -0.4 is 15.4 Å². The second-order valence-corrected chi connectivity index (χ2v) is 9.48. The quantitative estimate of drug-likeness (QED) is 0.452. The average molecular weight is 412 g/mol. The van der Waals surface area contributed by atoms with E-state index < -0.39 is 9.84 Å². The van der Waals surface area contributed by atoms with Crippen molar-refractivity contribution in [2.24, 2.45) is 10.9 Å². The minimum atomic E-state index is -3.00. The Morgan fingerprint density at radius 2 is 2.14 bits per heavy atom. The number of guanidine groups is 1. The highest BCUT2D eigenvalue weighted by Crippen LogP contribution is 2.23. The van der Waals surface area contributed by atoms with Crippen molar-refractivity contribution >= 4 is 15.8 Å². The molecule has 1 aromatic carbocycles. The van der Waals surface area contributed by atoms with Crippen molar-refractivity contribution in [3.05, 3.63) is 29.3 Å². The lowest BCUT2D eigenvalue weighted by atomic mass is 10.1. The number of rotatable bonds is 10. The Bertz CT molecular complexity index is 744. The molecule has 1 heterocycles. The Labute approximate surface area is 168 Å². The summed E-state index contributed by atoms with van der Waals surface area (Å²) in [6.45, 7) is 9.37. The van der Waals surface area contributed by atoms with Crippen LogP contribution in [0.4, 0.5) is 0 Å². The van der Waals surface area contributed by atoms with Gasteiger partial charge in [0.05, 0.1) is 25.5 Å². The van der Waals surface area contributed by atoms with Crippen LogP contribution in [0.1, 0.15) is 31.4 Å². The summed E-state index contributed by atoms with van der Waals surface area (Å²) in [5.41, 5.74) is 2.14. The third-order valence-corrected chi connectivity index (χ3v) is 6.32. The van der Waals surface area contributed by atoms with E-state index in [-0.39, 0.29) is 11.5 Å². The molecule has 0 amide bonds. The fraction of sp³-hybridized carbons (Fsp3) is 0.650. The molecule has 1 saturated heterocycles. The van der Waals surface area contributed by atoms with E-state index in [0.29, 0.717) is 38.1 Å². The Kier molecular flexibility index (Phi) is 9.05. The lowest BCUT2D eigenvalue weighted by Gasteiger charge is -2.15. The van der Waals surface area contributed by atoms with Gasteiger partial charge < -0.3 is 20.1 Å². The van der Waals surface area contributed by atoms with E-state index in [1.807, 2.05) is 32.0 Å². The van der Waals surface area contributed by atoms with Gasteiger partial charge in [-0.1, -0.05) is 19.1 Å². The summed E-state index contributed by atoms with van der Waals surface area (Å²) in [4.78, 5) is 4.59. The second kappa shape index (κ2) is 11.3. The fourth-order valence-corrected chi connectivity index (χ4v) is 3.53. The molecule has 1 aliphatic rings. The largest absolute Gasteiger partial charge is 0.493 e. The minimum absolute atomic E-state index is 0.0935. The molecule has 1 aliphatic heterocycles. The predicted octanol–water partition coefficient (Wildman–Crippen LogP) is 1.90. The third-order valence-electron chi connectivity index (χ3n) is 4.62. The van der Waals surface area contributed by atoms with E-state index in [1.165, 1.54) is 0 Å². The van der Waals surface area contributed by atoms with E-state index >= 15 is 0 Å². The van der Waals surface area contributed by atoms with Gasteiger partial charge in [-0.3, -0.25) is 0 Å². The number of aryl methyl sites for hydroxylation is 1. The fourth-order valence-electron chi connectivity index (χ4n) is 2.82. The molecule has 28 heavy (non-hydrogen) atoms. The molecular formula is C20H33N3O4S. The number of hydrogen-bond donors (Lipinski definition) is 2. The van der Waals surface area contributed by atoms with Crippen LogP contribution in [0.15, 0.2) is 23.2 Å². The van der Waals surface area contributed by atoms with E-state index in [9.17, 15) is 8.42 Å². The zero-order valence-electron chi connectivity index (χ0n) is 17.2. The molecule has 0 saturated carbocycles. The standard InChI is InChI=1S/C20H33N3O4S/c1-4-21-20(22-9-11-28(24,25)5-2)23-13-18-7-6-16(3)12-19(18)27-15-17-8-10-26-14-17/h6-7,12,17H,4-5,8-11,13-15H2,1-3H3,(H2,21,22,23). The Morgan fingerprint density at radius 1 is 1.32 bits per heavy atom. The number of benzene rings is 1. The van der Waals surface area contributed by atoms with E-state index in [1.54, 1.807) is 6.92 Å². The third kappa shape index (κ3) is 7.67. The van der Waals surface area contributed by atoms with Crippen molar-refractivity contribution in [2.75, 3.05) is 44.4 Å². The number of nitrogens with zero attached hydrogens (tertiary/aromatic N) is 1. The summed E-state index contributed by atoms with van der Waals surface area (Å²) in [5.74, 6) is 2.13. The van der Waals surface area contributed by atoms with Gasteiger partial charge in [0.2, 0.25) is 0 Å². The van der Waals surface area contributed by atoms with Gasteiger partial charge in [-0.15, -0.1) is 0 Å².